The van der Waals surface area contributed by atoms with E-state index in [9.17, 15) is 0 Å². The van der Waals surface area contributed by atoms with Gasteiger partial charge in [0.1, 0.15) is 0 Å². The predicted octanol–water partition coefficient (Wildman–Crippen LogP) is 1.90. The van der Waals surface area contributed by atoms with Crippen LogP contribution in [0.15, 0.2) is 24.3 Å². The molecule has 1 aromatic rings. The highest BCUT2D eigenvalue weighted by molar-refractivity contribution is 5.34. The molecular formula is C12H13N. The smallest absolute Gasteiger partial charge is 0.0578 e. The molecule has 1 atom stereocenters. The maximum Gasteiger partial charge on any atom is 0.0578 e. The van der Waals surface area contributed by atoms with E-state index in [1.807, 2.05) is 18.2 Å². The summed E-state index contributed by atoms with van der Waals surface area (Å²) in [5, 5.41) is 2.86. The minimum Gasteiger partial charge on any atom is -0.299 e. The Morgan fingerprint density at radius 3 is 3.31 bits per heavy atom. The fourth-order valence-electron chi connectivity index (χ4n) is 1.84. The van der Waals surface area contributed by atoms with Crippen molar-refractivity contribution in [2.24, 2.45) is 0 Å². The number of hydrogen-bond donors (Lipinski definition) is 1. The van der Waals surface area contributed by atoms with Crippen LogP contribution >= 0.6 is 0 Å². The van der Waals surface area contributed by atoms with Crippen molar-refractivity contribution in [1.82, 2.24) is 5.32 Å². The fourth-order valence-corrected chi connectivity index (χ4v) is 1.84. The minimum atomic E-state index is -1.72. The van der Waals surface area contributed by atoms with Crippen LogP contribution in [0.1, 0.15) is 26.3 Å². The molecule has 1 N–H and O–H groups in total. The van der Waals surface area contributed by atoms with Crippen molar-refractivity contribution in [3.05, 3.63) is 35.4 Å². The van der Waals surface area contributed by atoms with Gasteiger partial charge in [-0.2, -0.15) is 0 Å². The Hall–Kier alpha value is -1.26. The van der Waals surface area contributed by atoms with Crippen molar-refractivity contribution in [3.8, 4) is 12.3 Å². The summed E-state index contributed by atoms with van der Waals surface area (Å²) < 4.78 is 15.0. The third-order valence-corrected chi connectivity index (χ3v) is 2.45. The first kappa shape index (κ1) is 6.23. The van der Waals surface area contributed by atoms with E-state index < -0.39 is 6.50 Å². The molecular weight excluding hydrogens is 158 g/mol. The lowest BCUT2D eigenvalue weighted by Gasteiger charge is -2.10. The summed E-state index contributed by atoms with van der Waals surface area (Å²) in [4.78, 5) is 0. The number of benzene rings is 1. The van der Waals surface area contributed by atoms with Gasteiger partial charge in [-0.1, -0.05) is 30.2 Å². The Bertz CT molecular complexity index is 406. The lowest BCUT2D eigenvalue weighted by molar-refractivity contribution is 0.568. The molecule has 1 aliphatic rings. The first-order valence-corrected chi connectivity index (χ1v) is 4.46. The van der Waals surface area contributed by atoms with Crippen LogP contribution in [0.2, 0.25) is 0 Å². The monoisotopic (exact) mass is 173 g/mol. The standard InChI is InChI=1S/C12H13N/c1-2-9-13-12-8-7-10-5-3-4-6-11(10)12/h1,3-6,12-13H,7-9H2/t12-/m1/s1/i9D2. The normalized spacial score (nSPS) is 22.8. The third kappa shape index (κ3) is 1.59. The highest BCUT2D eigenvalue weighted by atomic mass is 14.9. The molecule has 1 aliphatic carbocycles. The Morgan fingerprint density at radius 2 is 2.46 bits per heavy atom. The van der Waals surface area contributed by atoms with Gasteiger partial charge in [-0.05, 0) is 24.0 Å². The topological polar surface area (TPSA) is 12.0 Å². The SMILES string of the molecule is [2H]C([2H])(C#C)N[C@@H]1CCc2ccccc21. The molecule has 0 aliphatic heterocycles. The third-order valence-electron chi connectivity index (χ3n) is 2.45. The molecule has 2 rings (SSSR count). The summed E-state index contributed by atoms with van der Waals surface area (Å²) >= 11 is 0. The summed E-state index contributed by atoms with van der Waals surface area (Å²) in [5.74, 6) is 2.12. The molecule has 66 valence electrons. The van der Waals surface area contributed by atoms with Crippen LogP contribution in [0, 0.1) is 12.3 Å². The minimum absolute atomic E-state index is 0.0484. The van der Waals surface area contributed by atoms with Crippen LogP contribution in [-0.2, 0) is 6.42 Å². The Kier molecular flexibility index (Phi) is 1.74. The summed E-state index contributed by atoms with van der Waals surface area (Å²) in [6.45, 7) is -1.72. The zero-order valence-electron chi connectivity index (χ0n) is 9.38. The van der Waals surface area contributed by atoms with E-state index in [0.29, 0.717) is 0 Å². The molecule has 0 unspecified atom stereocenters. The van der Waals surface area contributed by atoms with Gasteiger partial charge in [-0.15, -0.1) is 6.42 Å². The Morgan fingerprint density at radius 1 is 1.62 bits per heavy atom. The number of terminal acetylenes is 1. The Balaban J connectivity index is 2.19. The molecule has 1 aromatic carbocycles. The van der Waals surface area contributed by atoms with E-state index in [1.54, 1.807) is 0 Å². The van der Waals surface area contributed by atoms with E-state index in [0.717, 1.165) is 12.8 Å². The molecule has 1 nitrogen and oxygen atoms in total. The van der Waals surface area contributed by atoms with Gasteiger partial charge in [0.2, 0.25) is 0 Å². The van der Waals surface area contributed by atoms with Gasteiger partial charge in [0.25, 0.3) is 0 Å². The summed E-state index contributed by atoms with van der Waals surface area (Å²) in [5.41, 5.74) is 2.47. The van der Waals surface area contributed by atoms with E-state index in [4.69, 9.17) is 9.16 Å². The van der Waals surface area contributed by atoms with Crippen molar-refractivity contribution < 1.29 is 2.74 Å². The van der Waals surface area contributed by atoms with Gasteiger partial charge in [0.15, 0.2) is 0 Å². The van der Waals surface area contributed by atoms with Crippen LogP contribution < -0.4 is 5.32 Å². The fraction of sp³-hybridized carbons (Fsp3) is 0.333. The average molecular weight is 173 g/mol. The van der Waals surface area contributed by atoms with Gasteiger partial charge in [-0.25, -0.2) is 0 Å². The average Bonchev–Trinajstić information content (AvgIpc) is 2.62. The van der Waals surface area contributed by atoms with Gasteiger partial charge in [-0.3, -0.25) is 5.32 Å². The second-order valence-electron chi connectivity index (χ2n) is 3.20. The van der Waals surface area contributed by atoms with E-state index >= 15 is 0 Å². The lowest BCUT2D eigenvalue weighted by Crippen LogP contribution is -2.19. The zero-order valence-corrected chi connectivity index (χ0v) is 7.38. The van der Waals surface area contributed by atoms with Crippen LogP contribution in [0.3, 0.4) is 0 Å². The zero-order chi connectivity index (χ0) is 10.9. The molecule has 0 saturated heterocycles. The van der Waals surface area contributed by atoms with Gasteiger partial charge in [0, 0.05) is 6.04 Å². The van der Waals surface area contributed by atoms with Crippen molar-refractivity contribution >= 4 is 0 Å². The molecule has 0 bridgehead atoms. The largest absolute Gasteiger partial charge is 0.299 e. The highest BCUT2D eigenvalue weighted by Crippen LogP contribution is 2.30. The van der Waals surface area contributed by atoms with E-state index in [-0.39, 0.29) is 6.04 Å². The van der Waals surface area contributed by atoms with Crippen molar-refractivity contribution in [1.29, 1.82) is 0 Å². The summed E-state index contributed by atoms with van der Waals surface area (Å²) in [6.07, 6.45) is 7.03. The van der Waals surface area contributed by atoms with E-state index in [1.165, 1.54) is 11.1 Å². The first-order valence-electron chi connectivity index (χ1n) is 5.46. The number of aryl methyl sites for hydroxylation is 1. The molecule has 0 radical (unpaired) electrons. The Labute approximate surface area is 82.0 Å². The molecule has 0 saturated carbocycles. The van der Waals surface area contributed by atoms with Crippen molar-refractivity contribution in [2.75, 3.05) is 6.50 Å². The summed E-state index contributed by atoms with van der Waals surface area (Å²) in [6, 6.07) is 8.16. The molecule has 13 heavy (non-hydrogen) atoms. The van der Waals surface area contributed by atoms with Gasteiger partial charge >= 0.3 is 0 Å². The lowest BCUT2D eigenvalue weighted by atomic mass is 10.1. The number of fused-ring (bicyclic) bond motifs is 1. The molecule has 0 spiro atoms. The second kappa shape index (κ2) is 3.64. The quantitative estimate of drug-likeness (QED) is 0.673. The van der Waals surface area contributed by atoms with Crippen LogP contribution in [0.4, 0.5) is 0 Å². The van der Waals surface area contributed by atoms with E-state index in [2.05, 4.69) is 17.3 Å². The molecule has 1 heteroatoms. The summed E-state index contributed by atoms with van der Waals surface area (Å²) in [7, 11) is 0. The maximum atomic E-state index is 7.50. The van der Waals surface area contributed by atoms with Crippen LogP contribution in [0.25, 0.3) is 0 Å². The molecule has 0 amide bonds. The predicted molar refractivity (Wildman–Crippen MR) is 54.3 cm³/mol. The highest BCUT2D eigenvalue weighted by Gasteiger charge is 2.20. The first-order chi connectivity index (χ1) is 7.12. The van der Waals surface area contributed by atoms with Gasteiger partial charge < -0.3 is 0 Å². The molecule has 0 aromatic heterocycles. The van der Waals surface area contributed by atoms with Crippen molar-refractivity contribution in [2.45, 2.75) is 18.9 Å². The van der Waals surface area contributed by atoms with Gasteiger partial charge in [0.05, 0.1) is 9.24 Å². The number of rotatable bonds is 2. The van der Waals surface area contributed by atoms with Crippen molar-refractivity contribution in [3.63, 3.8) is 0 Å². The second-order valence-corrected chi connectivity index (χ2v) is 3.20. The molecule has 0 heterocycles. The maximum absolute atomic E-state index is 7.50. The number of nitrogens with one attached hydrogen (secondary N) is 1. The van der Waals surface area contributed by atoms with Crippen LogP contribution in [-0.4, -0.2) is 6.50 Å². The molecule has 0 fully saturated rings. The number of hydrogen-bond acceptors (Lipinski definition) is 1. The van der Waals surface area contributed by atoms with Crippen LogP contribution in [0.5, 0.6) is 0 Å².